The van der Waals surface area contributed by atoms with E-state index in [0.29, 0.717) is 12.0 Å². The fourth-order valence-corrected chi connectivity index (χ4v) is 3.71. The molecule has 1 aromatic heterocycles. The molecule has 2 saturated heterocycles. The molecule has 0 aromatic carbocycles. The molecule has 3 aliphatic rings. The number of ether oxygens (including phenoxy) is 1. The number of halogens is 3. The van der Waals surface area contributed by atoms with Crippen LogP contribution in [-0.2, 0) is 14.3 Å². The van der Waals surface area contributed by atoms with E-state index < -0.39 is 12.1 Å². The minimum absolute atomic E-state index is 0.0887. The maximum absolute atomic E-state index is 12.3. The Hall–Kier alpha value is -2.43. The van der Waals surface area contributed by atoms with Gasteiger partial charge in [0.05, 0.1) is 11.8 Å². The quantitative estimate of drug-likeness (QED) is 0.756. The van der Waals surface area contributed by atoms with Crippen LogP contribution >= 0.6 is 0 Å². The number of aromatic nitrogens is 2. The minimum atomic E-state index is -5.08. The maximum atomic E-state index is 12.3. The normalized spacial score (nSPS) is 26.1. The molecule has 1 saturated carbocycles. The zero-order chi connectivity index (χ0) is 21.9. The zero-order valence-electron chi connectivity index (χ0n) is 16.6. The minimum Gasteiger partial charge on any atom is -0.475 e. The molecule has 0 unspecified atom stereocenters. The molecular formula is C19H25F3N4O4. The van der Waals surface area contributed by atoms with Crippen molar-refractivity contribution in [3.63, 3.8) is 0 Å². The SMILES string of the molecule is Cc1ccc(N2CC[C@H]3C[C@H](C(=O)NC4CCC4)O[C@@H]3C2)nn1.O=C(O)C(F)(F)F. The number of carboxylic acids is 1. The van der Waals surface area contributed by atoms with Crippen molar-refractivity contribution in [2.24, 2.45) is 5.92 Å². The van der Waals surface area contributed by atoms with Gasteiger partial charge in [-0.3, -0.25) is 4.79 Å². The number of fused-ring (bicyclic) bond motifs is 1. The molecule has 0 spiro atoms. The van der Waals surface area contributed by atoms with Crippen molar-refractivity contribution in [1.82, 2.24) is 15.5 Å². The van der Waals surface area contributed by atoms with Crippen LogP contribution in [0.25, 0.3) is 0 Å². The van der Waals surface area contributed by atoms with Crippen LogP contribution < -0.4 is 10.2 Å². The van der Waals surface area contributed by atoms with Gasteiger partial charge in [0.2, 0.25) is 5.91 Å². The number of hydrogen-bond donors (Lipinski definition) is 2. The summed E-state index contributed by atoms with van der Waals surface area (Å²) in [5, 5.41) is 18.6. The molecule has 1 aromatic rings. The fourth-order valence-electron chi connectivity index (χ4n) is 3.71. The van der Waals surface area contributed by atoms with E-state index in [1.807, 2.05) is 19.1 Å². The number of rotatable bonds is 3. The monoisotopic (exact) mass is 430 g/mol. The first-order chi connectivity index (χ1) is 14.1. The number of carbonyl (C=O) groups is 2. The number of carboxylic acid groups (broad SMARTS) is 1. The number of alkyl halides is 3. The molecule has 3 atom stereocenters. The molecule has 8 nitrogen and oxygen atoms in total. The molecule has 2 N–H and O–H groups in total. The standard InChI is InChI=1S/C17H24N4O2.C2HF3O2/c1-11-5-6-16(20-19-11)21-8-7-12-9-14(23-15(12)10-21)17(22)18-13-3-2-4-13;3-2(4,5)1(6)7/h5-6,12-15H,2-4,7-10H2,1H3,(H,18,22);(H,6,7)/t12-,14+,15+;/m0./s1. The highest BCUT2D eigenvalue weighted by Gasteiger charge is 2.42. The molecule has 1 aliphatic carbocycles. The molecule has 3 heterocycles. The van der Waals surface area contributed by atoms with Crippen LogP contribution in [-0.4, -0.2) is 64.7 Å². The van der Waals surface area contributed by atoms with Crippen molar-refractivity contribution in [2.45, 2.75) is 63.5 Å². The smallest absolute Gasteiger partial charge is 0.475 e. The molecule has 1 amide bonds. The van der Waals surface area contributed by atoms with E-state index in [0.717, 1.165) is 50.3 Å². The summed E-state index contributed by atoms with van der Waals surface area (Å²) in [5.74, 6) is -1.28. The van der Waals surface area contributed by atoms with Gasteiger partial charge in [0, 0.05) is 19.1 Å². The molecule has 0 bridgehead atoms. The lowest BCUT2D eigenvalue weighted by molar-refractivity contribution is -0.192. The second-order valence-corrected chi connectivity index (χ2v) is 7.87. The van der Waals surface area contributed by atoms with E-state index in [2.05, 4.69) is 20.4 Å². The Kier molecular flexibility index (Phi) is 6.79. The third-order valence-corrected chi connectivity index (χ3v) is 5.65. The van der Waals surface area contributed by atoms with Crippen molar-refractivity contribution < 1.29 is 32.6 Å². The van der Waals surface area contributed by atoms with Crippen LogP contribution in [0.15, 0.2) is 12.1 Å². The lowest BCUT2D eigenvalue weighted by Crippen LogP contribution is -2.45. The van der Waals surface area contributed by atoms with E-state index in [1.165, 1.54) is 6.42 Å². The van der Waals surface area contributed by atoms with Gasteiger partial charge in [0.25, 0.3) is 0 Å². The van der Waals surface area contributed by atoms with Gasteiger partial charge in [0.1, 0.15) is 6.10 Å². The summed E-state index contributed by atoms with van der Waals surface area (Å²) in [4.78, 5) is 23.4. The zero-order valence-corrected chi connectivity index (χ0v) is 16.6. The molecule has 3 fully saturated rings. The van der Waals surface area contributed by atoms with E-state index in [1.54, 1.807) is 0 Å². The lowest BCUT2D eigenvalue weighted by atomic mass is 9.90. The van der Waals surface area contributed by atoms with Gasteiger partial charge in [-0.05, 0) is 57.1 Å². The third-order valence-electron chi connectivity index (χ3n) is 5.65. The number of carbonyl (C=O) groups excluding carboxylic acids is 1. The Bertz CT molecular complexity index is 755. The van der Waals surface area contributed by atoms with Gasteiger partial charge < -0.3 is 20.1 Å². The maximum Gasteiger partial charge on any atom is 0.490 e. The van der Waals surface area contributed by atoms with E-state index in [-0.39, 0.29) is 18.1 Å². The Balaban J connectivity index is 0.000000318. The van der Waals surface area contributed by atoms with Gasteiger partial charge >= 0.3 is 12.1 Å². The Labute approximate surface area is 171 Å². The Morgan fingerprint density at radius 1 is 1.23 bits per heavy atom. The van der Waals surface area contributed by atoms with Crippen LogP contribution in [0.1, 0.15) is 37.8 Å². The van der Waals surface area contributed by atoms with Crippen LogP contribution in [0.2, 0.25) is 0 Å². The summed E-state index contributed by atoms with van der Waals surface area (Å²) in [5.41, 5.74) is 0.925. The average molecular weight is 430 g/mol. The Morgan fingerprint density at radius 3 is 2.47 bits per heavy atom. The fraction of sp³-hybridized carbons (Fsp3) is 0.684. The van der Waals surface area contributed by atoms with Crippen molar-refractivity contribution in [3.8, 4) is 0 Å². The summed E-state index contributed by atoms with van der Waals surface area (Å²) in [6.07, 6.45) is 0.146. The molecule has 4 rings (SSSR count). The van der Waals surface area contributed by atoms with Gasteiger partial charge in [-0.25, -0.2) is 4.79 Å². The topological polar surface area (TPSA) is 105 Å². The largest absolute Gasteiger partial charge is 0.490 e. The lowest BCUT2D eigenvalue weighted by Gasteiger charge is -2.34. The predicted octanol–water partition coefficient (Wildman–Crippen LogP) is 2.07. The van der Waals surface area contributed by atoms with Gasteiger partial charge in [0.15, 0.2) is 5.82 Å². The molecule has 30 heavy (non-hydrogen) atoms. The number of aryl methyl sites for hydroxylation is 1. The predicted molar refractivity (Wildman–Crippen MR) is 99.8 cm³/mol. The van der Waals surface area contributed by atoms with Crippen molar-refractivity contribution in [2.75, 3.05) is 18.0 Å². The van der Waals surface area contributed by atoms with Gasteiger partial charge in [-0.2, -0.15) is 18.3 Å². The van der Waals surface area contributed by atoms with Crippen LogP contribution in [0.5, 0.6) is 0 Å². The first-order valence-electron chi connectivity index (χ1n) is 9.94. The van der Waals surface area contributed by atoms with Crippen molar-refractivity contribution >= 4 is 17.7 Å². The van der Waals surface area contributed by atoms with Crippen molar-refractivity contribution in [3.05, 3.63) is 17.8 Å². The summed E-state index contributed by atoms with van der Waals surface area (Å²) in [7, 11) is 0. The molecular weight excluding hydrogens is 405 g/mol. The van der Waals surface area contributed by atoms with E-state index >= 15 is 0 Å². The summed E-state index contributed by atoms with van der Waals surface area (Å²) >= 11 is 0. The highest BCUT2D eigenvalue weighted by atomic mass is 19.4. The van der Waals surface area contributed by atoms with E-state index in [4.69, 9.17) is 14.6 Å². The number of amides is 1. The van der Waals surface area contributed by atoms with Crippen LogP contribution in [0.4, 0.5) is 19.0 Å². The first kappa shape index (κ1) is 22.3. The number of nitrogens with one attached hydrogen (secondary N) is 1. The van der Waals surface area contributed by atoms with Crippen LogP contribution in [0.3, 0.4) is 0 Å². The molecule has 0 radical (unpaired) electrons. The van der Waals surface area contributed by atoms with Crippen LogP contribution in [0, 0.1) is 12.8 Å². The summed E-state index contributed by atoms with van der Waals surface area (Å²) in [6.45, 7) is 3.70. The molecule has 2 aliphatic heterocycles. The second-order valence-electron chi connectivity index (χ2n) is 7.87. The van der Waals surface area contributed by atoms with Gasteiger partial charge in [-0.15, -0.1) is 5.10 Å². The number of anilines is 1. The van der Waals surface area contributed by atoms with Crippen molar-refractivity contribution in [1.29, 1.82) is 0 Å². The average Bonchev–Trinajstić information content (AvgIpc) is 3.08. The number of piperidine rings is 1. The summed E-state index contributed by atoms with van der Waals surface area (Å²) in [6, 6.07) is 4.38. The highest BCUT2D eigenvalue weighted by Crippen LogP contribution is 2.34. The summed E-state index contributed by atoms with van der Waals surface area (Å²) < 4.78 is 37.8. The molecule has 166 valence electrons. The second kappa shape index (κ2) is 9.15. The number of nitrogens with zero attached hydrogens (tertiary/aromatic N) is 3. The highest BCUT2D eigenvalue weighted by molar-refractivity contribution is 5.81. The number of hydrogen-bond acceptors (Lipinski definition) is 6. The Morgan fingerprint density at radius 2 is 1.93 bits per heavy atom. The molecule has 11 heteroatoms. The number of aliphatic carboxylic acids is 1. The van der Waals surface area contributed by atoms with E-state index in [9.17, 15) is 18.0 Å². The van der Waals surface area contributed by atoms with Gasteiger partial charge in [-0.1, -0.05) is 0 Å². The third kappa shape index (κ3) is 5.59. The first-order valence-corrected chi connectivity index (χ1v) is 9.94.